The van der Waals surface area contributed by atoms with E-state index in [0.29, 0.717) is 23.7 Å². The summed E-state index contributed by atoms with van der Waals surface area (Å²) in [6, 6.07) is 8.96. The van der Waals surface area contributed by atoms with Crippen LogP contribution < -0.4 is 10.6 Å². The van der Waals surface area contributed by atoms with E-state index in [0.717, 1.165) is 17.8 Å². The summed E-state index contributed by atoms with van der Waals surface area (Å²) in [5.74, 6) is -1.13. The van der Waals surface area contributed by atoms with Gasteiger partial charge < -0.3 is 15.7 Å². The van der Waals surface area contributed by atoms with Crippen molar-refractivity contribution in [3.63, 3.8) is 0 Å². The standard InChI is InChI=1S/C20H28N4O3/c1-13(2)11-24-15(4)18(14(3)23-24)22-20(27)19(26)21-17(12-25)10-16-8-6-5-7-9-16/h5-9,13,17,25H,10-12H2,1-4H3,(H,21,26)(H,22,27)/t17-/m0/s1. The lowest BCUT2D eigenvalue weighted by Crippen LogP contribution is -2.44. The van der Waals surface area contributed by atoms with Gasteiger partial charge in [-0.15, -0.1) is 0 Å². The second-order valence-corrected chi connectivity index (χ2v) is 7.12. The van der Waals surface area contributed by atoms with E-state index in [1.165, 1.54) is 0 Å². The first-order chi connectivity index (χ1) is 12.8. The summed E-state index contributed by atoms with van der Waals surface area (Å²) < 4.78 is 1.83. The van der Waals surface area contributed by atoms with Crippen LogP contribution >= 0.6 is 0 Å². The number of anilines is 1. The first-order valence-corrected chi connectivity index (χ1v) is 9.12. The molecule has 0 spiro atoms. The zero-order chi connectivity index (χ0) is 20.0. The van der Waals surface area contributed by atoms with Crippen molar-refractivity contribution < 1.29 is 14.7 Å². The molecule has 0 unspecified atom stereocenters. The number of carbonyl (C=O) groups excluding carboxylic acids is 2. The van der Waals surface area contributed by atoms with Gasteiger partial charge in [-0.2, -0.15) is 5.10 Å². The van der Waals surface area contributed by atoms with Crippen LogP contribution in [0.15, 0.2) is 30.3 Å². The maximum absolute atomic E-state index is 12.3. The van der Waals surface area contributed by atoms with Gasteiger partial charge in [0.25, 0.3) is 0 Å². The second-order valence-electron chi connectivity index (χ2n) is 7.12. The molecule has 1 heterocycles. The van der Waals surface area contributed by atoms with Gasteiger partial charge >= 0.3 is 11.8 Å². The zero-order valence-electron chi connectivity index (χ0n) is 16.3. The number of nitrogens with zero attached hydrogens (tertiary/aromatic N) is 2. The summed E-state index contributed by atoms with van der Waals surface area (Å²) in [6.45, 7) is 8.32. The van der Waals surface area contributed by atoms with Gasteiger partial charge in [0.1, 0.15) is 0 Å². The number of amides is 2. The molecule has 2 amide bonds. The molecule has 27 heavy (non-hydrogen) atoms. The highest BCUT2D eigenvalue weighted by Gasteiger charge is 2.22. The molecule has 2 rings (SSSR count). The summed E-state index contributed by atoms with van der Waals surface area (Å²) in [7, 11) is 0. The summed E-state index contributed by atoms with van der Waals surface area (Å²) in [4.78, 5) is 24.6. The monoisotopic (exact) mass is 372 g/mol. The molecule has 0 bridgehead atoms. The quantitative estimate of drug-likeness (QED) is 0.646. The van der Waals surface area contributed by atoms with Gasteiger partial charge in [0.05, 0.1) is 29.7 Å². The van der Waals surface area contributed by atoms with Gasteiger partial charge in [-0.1, -0.05) is 44.2 Å². The summed E-state index contributed by atoms with van der Waals surface area (Å²) in [6.07, 6.45) is 0.445. The third kappa shape index (κ3) is 5.65. The molecule has 7 heteroatoms. The number of hydrogen-bond donors (Lipinski definition) is 3. The highest BCUT2D eigenvalue weighted by Crippen LogP contribution is 2.20. The largest absolute Gasteiger partial charge is 0.394 e. The Labute approximate surface area is 159 Å². The Bertz CT molecular complexity index is 784. The molecule has 3 N–H and O–H groups in total. The first-order valence-electron chi connectivity index (χ1n) is 9.12. The van der Waals surface area contributed by atoms with E-state index in [2.05, 4.69) is 29.6 Å². The van der Waals surface area contributed by atoms with Gasteiger partial charge in [0, 0.05) is 6.54 Å². The van der Waals surface area contributed by atoms with Crippen LogP contribution in [-0.4, -0.2) is 39.4 Å². The van der Waals surface area contributed by atoms with Crippen molar-refractivity contribution in [1.29, 1.82) is 0 Å². The van der Waals surface area contributed by atoms with Crippen LogP contribution in [0.5, 0.6) is 0 Å². The molecule has 1 aromatic carbocycles. The van der Waals surface area contributed by atoms with Crippen molar-refractivity contribution in [2.45, 2.75) is 46.7 Å². The summed E-state index contributed by atoms with van der Waals surface area (Å²) in [5, 5.41) is 19.2. The Morgan fingerprint density at radius 1 is 1.15 bits per heavy atom. The van der Waals surface area contributed by atoms with E-state index >= 15 is 0 Å². The average Bonchev–Trinajstić information content (AvgIpc) is 2.88. The van der Waals surface area contributed by atoms with Crippen LogP contribution in [0.25, 0.3) is 0 Å². The number of aromatic nitrogens is 2. The number of carbonyl (C=O) groups is 2. The fourth-order valence-corrected chi connectivity index (χ4v) is 2.88. The Balaban J connectivity index is 2.01. The maximum atomic E-state index is 12.3. The molecule has 0 aliphatic carbocycles. The smallest absolute Gasteiger partial charge is 0.313 e. The zero-order valence-corrected chi connectivity index (χ0v) is 16.3. The van der Waals surface area contributed by atoms with Crippen LogP contribution in [0.3, 0.4) is 0 Å². The minimum atomic E-state index is -0.777. The van der Waals surface area contributed by atoms with E-state index < -0.39 is 17.9 Å². The van der Waals surface area contributed by atoms with Gasteiger partial charge in [-0.05, 0) is 31.7 Å². The number of nitrogens with one attached hydrogen (secondary N) is 2. The number of aliphatic hydroxyl groups is 1. The fraction of sp³-hybridized carbons (Fsp3) is 0.450. The van der Waals surface area contributed by atoms with Crippen molar-refractivity contribution in [2.24, 2.45) is 5.92 Å². The van der Waals surface area contributed by atoms with E-state index in [1.807, 2.05) is 41.9 Å². The lowest BCUT2D eigenvalue weighted by molar-refractivity contribution is -0.136. The molecular formula is C20H28N4O3. The molecule has 1 aromatic heterocycles. The molecule has 0 saturated carbocycles. The highest BCUT2D eigenvalue weighted by molar-refractivity contribution is 6.39. The van der Waals surface area contributed by atoms with Crippen LogP contribution in [0.4, 0.5) is 5.69 Å². The van der Waals surface area contributed by atoms with E-state index in [1.54, 1.807) is 6.92 Å². The molecule has 0 radical (unpaired) electrons. The van der Waals surface area contributed by atoms with E-state index in [4.69, 9.17) is 0 Å². The highest BCUT2D eigenvalue weighted by atomic mass is 16.3. The Morgan fingerprint density at radius 2 is 1.81 bits per heavy atom. The molecule has 0 aliphatic heterocycles. The van der Waals surface area contributed by atoms with Crippen molar-refractivity contribution in [2.75, 3.05) is 11.9 Å². The molecule has 0 saturated heterocycles. The predicted octanol–water partition coefficient (Wildman–Crippen LogP) is 1.81. The van der Waals surface area contributed by atoms with E-state index in [-0.39, 0.29) is 6.61 Å². The molecule has 0 fully saturated rings. The predicted molar refractivity (Wildman–Crippen MR) is 104 cm³/mol. The lowest BCUT2D eigenvalue weighted by Gasteiger charge is -2.16. The van der Waals surface area contributed by atoms with Crippen molar-refractivity contribution >= 4 is 17.5 Å². The topological polar surface area (TPSA) is 96.2 Å². The Kier molecular flexibility index (Phi) is 7.12. The van der Waals surface area contributed by atoms with Crippen LogP contribution in [0.1, 0.15) is 30.8 Å². The summed E-state index contributed by atoms with van der Waals surface area (Å²) in [5.41, 5.74) is 3.00. The molecular weight excluding hydrogens is 344 g/mol. The Morgan fingerprint density at radius 3 is 2.41 bits per heavy atom. The number of benzene rings is 1. The fourth-order valence-electron chi connectivity index (χ4n) is 2.88. The first kappa shape index (κ1) is 20.6. The van der Waals surface area contributed by atoms with Gasteiger partial charge in [-0.25, -0.2) is 0 Å². The normalized spacial score (nSPS) is 12.1. The average molecular weight is 372 g/mol. The van der Waals surface area contributed by atoms with Crippen LogP contribution in [-0.2, 0) is 22.6 Å². The molecule has 7 nitrogen and oxygen atoms in total. The third-order valence-corrected chi connectivity index (χ3v) is 4.24. The van der Waals surface area contributed by atoms with Gasteiger partial charge in [0.15, 0.2) is 0 Å². The number of rotatable bonds is 7. The summed E-state index contributed by atoms with van der Waals surface area (Å²) >= 11 is 0. The van der Waals surface area contributed by atoms with Crippen LogP contribution in [0.2, 0.25) is 0 Å². The van der Waals surface area contributed by atoms with Gasteiger partial charge in [-0.3, -0.25) is 14.3 Å². The number of aryl methyl sites for hydroxylation is 1. The Hall–Kier alpha value is -2.67. The maximum Gasteiger partial charge on any atom is 0.313 e. The molecule has 0 aliphatic rings. The SMILES string of the molecule is Cc1nn(CC(C)C)c(C)c1NC(=O)C(=O)N[C@H](CO)Cc1ccccc1. The molecule has 1 atom stereocenters. The minimum Gasteiger partial charge on any atom is -0.394 e. The van der Waals surface area contributed by atoms with E-state index in [9.17, 15) is 14.7 Å². The minimum absolute atomic E-state index is 0.252. The second kappa shape index (κ2) is 9.32. The lowest BCUT2D eigenvalue weighted by atomic mass is 10.1. The van der Waals surface area contributed by atoms with Crippen molar-refractivity contribution in [3.8, 4) is 0 Å². The molecule has 146 valence electrons. The third-order valence-electron chi connectivity index (χ3n) is 4.24. The van der Waals surface area contributed by atoms with Crippen molar-refractivity contribution in [3.05, 3.63) is 47.3 Å². The number of hydrogen-bond acceptors (Lipinski definition) is 4. The van der Waals surface area contributed by atoms with Crippen molar-refractivity contribution in [1.82, 2.24) is 15.1 Å². The van der Waals surface area contributed by atoms with Crippen LogP contribution in [0, 0.1) is 19.8 Å². The van der Waals surface area contributed by atoms with Gasteiger partial charge in [0.2, 0.25) is 0 Å². The molecule has 2 aromatic rings. The number of aliphatic hydroxyl groups excluding tert-OH is 1.